The van der Waals surface area contributed by atoms with E-state index >= 15 is 0 Å². The predicted octanol–water partition coefficient (Wildman–Crippen LogP) is 5.74. The van der Waals surface area contributed by atoms with Gasteiger partial charge in [-0.15, -0.1) is 0 Å². The van der Waals surface area contributed by atoms with Gasteiger partial charge in [-0.1, -0.05) is 93.6 Å². The van der Waals surface area contributed by atoms with Gasteiger partial charge >= 0.3 is 6.09 Å². The van der Waals surface area contributed by atoms with Crippen molar-refractivity contribution in [2.45, 2.75) is 46.0 Å². The largest absolute Gasteiger partial charge is 0.497 e. The van der Waals surface area contributed by atoms with E-state index in [1.54, 1.807) is 7.11 Å². The molecule has 3 atom stereocenters. The van der Waals surface area contributed by atoms with Gasteiger partial charge in [-0.05, 0) is 34.2 Å². The van der Waals surface area contributed by atoms with Crippen LogP contribution in [0.15, 0.2) is 84.9 Å². The lowest BCUT2D eigenvalue weighted by Gasteiger charge is -2.53. The van der Waals surface area contributed by atoms with Crippen molar-refractivity contribution >= 4 is 12.0 Å². The standard InChI is InChI=1S/C30H34N2O4/c1-30(2,3)27(31-29(34)36-20-22-11-7-5-8-12-22)25-26(23-13-9-6-10-14-23)32(28(25)33)19-21-15-17-24(35-4)18-16-21/h5-18,25-27H,19-20H2,1-4H3,(H,31,34)/t25-,26+,27+/m1/s1. The number of hydrogen-bond donors (Lipinski definition) is 1. The molecule has 0 unspecified atom stereocenters. The SMILES string of the molecule is COc1ccc(CN2C(=O)[C@@H]([C@H](NC(=O)OCc3ccccc3)C(C)(C)C)[C@@H]2c2ccccc2)cc1. The van der Waals surface area contributed by atoms with Crippen molar-refractivity contribution in [1.29, 1.82) is 0 Å². The Kier molecular flexibility index (Phi) is 7.63. The summed E-state index contributed by atoms with van der Waals surface area (Å²) >= 11 is 0. The van der Waals surface area contributed by atoms with Crippen LogP contribution in [0.5, 0.6) is 5.75 Å². The van der Waals surface area contributed by atoms with Crippen LogP contribution >= 0.6 is 0 Å². The van der Waals surface area contributed by atoms with Crippen molar-refractivity contribution in [1.82, 2.24) is 10.2 Å². The smallest absolute Gasteiger partial charge is 0.407 e. The molecule has 1 aliphatic rings. The summed E-state index contributed by atoms with van der Waals surface area (Å²) in [6.07, 6.45) is -0.521. The van der Waals surface area contributed by atoms with Crippen LogP contribution < -0.4 is 10.1 Å². The average molecular weight is 487 g/mol. The lowest BCUT2D eigenvalue weighted by atomic mass is 9.69. The maximum Gasteiger partial charge on any atom is 0.407 e. The molecule has 188 valence electrons. The van der Waals surface area contributed by atoms with Crippen LogP contribution in [0, 0.1) is 11.3 Å². The summed E-state index contributed by atoms with van der Waals surface area (Å²) in [5, 5.41) is 3.03. The molecule has 0 bridgehead atoms. The number of carbonyl (C=O) groups excluding carboxylic acids is 2. The number of hydrogen-bond acceptors (Lipinski definition) is 4. The number of nitrogens with one attached hydrogen (secondary N) is 1. The Morgan fingerprint density at radius 1 is 0.917 bits per heavy atom. The molecule has 4 rings (SSSR count). The van der Waals surface area contributed by atoms with Gasteiger partial charge in [0.15, 0.2) is 0 Å². The van der Waals surface area contributed by atoms with Gasteiger partial charge in [0.2, 0.25) is 5.91 Å². The first kappa shape index (κ1) is 25.3. The molecule has 0 radical (unpaired) electrons. The number of likely N-dealkylation sites (tertiary alicyclic amines) is 1. The molecule has 1 aliphatic heterocycles. The average Bonchev–Trinajstić information content (AvgIpc) is 2.89. The Morgan fingerprint density at radius 2 is 1.53 bits per heavy atom. The lowest BCUT2D eigenvalue weighted by Crippen LogP contribution is -2.64. The Morgan fingerprint density at radius 3 is 2.11 bits per heavy atom. The zero-order valence-corrected chi connectivity index (χ0v) is 21.3. The number of ether oxygens (including phenoxy) is 2. The quantitative estimate of drug-likeness (QED) is 0.413. The number of amides is 2. The molecule has 6 nitrogen and oxygen atoms in total. The molecule has 0 aromatic heterocycles. The third kappa shape index (κ3) is 5.70. The second-order valence-electron chi connectivity index (χ2n) is 10.2. The maximum absolute atomic E-state index is 13.6. The Bertz CT molecular complexity index is 1160. The second kappa shape index (κ2) is 10.9. The highest BCUT2D eigenvalue weighted by Crippen LogP contribution is 2.46. The van der Waals surface area contributed by atoms with E-state index in [-0.39, 0.29) is 24.0 Å². The lowest BCUT2D eigenvalue weighted by molar-refractivity contribution is -0.163. The van der Waals surface area contributed by atoms with Crippen molar-refractivity contribution in [3.05, 3.63) is 102 Å². The fourth-order valence-corrected chi connectivity index (χ4v) is 4.78. The topological polar surface area (TPSA) is 67.9 Å². The number of β-lactam (4-membered cyclic amide) rings is 1. The molecule has 0 aliphatic carbocycles. The third-order valence-corrected chi connectivity index (χ3v) is 6.68. The fourth-order valence-electron chi connectivity index (χ4n) is 4.78. The zero-order chi connectivity index (χ0) is 25.7. The molecule has 0 spiro atoms. The van der Waals surface area contributed by atoms with Crippen LogP contribution in [0.2, 0.25) is 0 Å². The van der Waals surface area contributed by atoms with Crippen molar-refractivity contribution in [3.63, 3.8) is 0 Å². The van der Waals surface area contributed by atoms with Gasteiger partial charge in [-0.25, -0.2) is 4.79 Å². The highest BCUT2D eigenvalue weighted by molar-refractivity contribution is 5.88. The molecule has 1 heterocycles. The summed E-state index contributed by atoms with van der Waals surface area (Å²) in [7, 11) is 1.63. The van der Waals surface area contributed by atoms with Crippen LogP contribution in [-0.4, -0.2) is 30.1 Å². The molecule has 0 saturated carbocycles. The van der Waals surface area contributed by atoms with Crippen molar-refractivity contribution in [3.8, 4) is 5.75 Å². The Labute approximate surface area is 213 Å². The van der Waals surface area contributed by atoms with Crippen LogP contribution in [-0.2, 0) is 22.7 Å². The number of methoxy groups -OCH3 is 1. The van der Waals surface area contributed by atoms with E-state index in [9.17, 15) is 9.59 Å². The molecule has 3 aromatic rings. The van der Waals surface area contributed by atoms with Crippen LogP contribution in [0.25, 0.3) is 0 Å². The van der Waals surface area contributed by atoms with Crippen LogP contribution in [0.1, 0.15) is 43.5 Å². The molecule has 3 aromatic carbocycles. The molecular formula is C30H34N2O4. The maximum atomic E-state index is 13.6. The molecule has 2 amide bonds. The number of nitrogens with zero attached hydrogens (tertiary/aromatic N) is 1. The number of benzene rings is 3. The first-order chi connectivity index (χ1) is 17.3. The highest BCUT2D eigenvalue weighted by atomic mass is 16.5. The molecular weight excluding hydrogens is 452 g/mol. The predicted molar refractivity (Wildman–Crippen MR) is 139 cm³/mol. The minimum atomic E-state index is -0.521. The van der Waals surface area contributed by atoms with Gasteiger partial charge in [-0.3, -0.25) is 4.79 Å². The normalized spacial score (nSPS) is 18.2. The summed E-state index contributed by atoms with van der Waals surface area (Å²) in [4.78, 5) is 28.3. The van der Waals surface area contributed by atoms with Crippen molar-refractivity contribution in [2.24, 2.45) is 11.3 Å². The Hall–Kier alpha value is -3.80. The summed E-state index contributed by atoms with van der Waals surface area (Å²) in [5.74, 6) is 0.384. The molecule has 1 N–H and O–H groups in total. The summed E-state index contributed by atoms with van der Waals surface area (Å²) < 4.78 is 10.8. The Balaban J connectivity index is 1.55. The van der Waals surface area contributed by atoms with E-state index < -0.39 is 18.1 Å². The summed E-state index contributed by atoms with van der Waals surface area (Å²) in [6.45, 7) is 6.77. The van der Waals surface area contributed by atoms with Gasteiger partial charge in [-0.2, -0.15) is 0 Å². The molecule has 6 heteroatoms. The van der Waals surface area contributed by atoms with E-state index in [0.29, 0.717) is 6.54 Å². The second-order valence-corrected chi connectivity index (χ2v) is 10.2. The van der Waals surface area contributed by atoms with E-state index in [1.165, 1.54) is 0 Å². The minimum absolute atomic E-state index is 0.0166. The number of carbonyl (C=O) groups is 2. The van der Waals surface area contributed by atoms with E-state index in [1.807, 2.05) is 111 Å². The molecule has 1 fully saturated rings. The first-order valence-corrected chi connectivity index (χ1v) is 12.2. The number of alkyl carbamates (subject to hydrolysis) is 1. The highest BCUT2D eigenvalue weighted by Gasteiger charge is 2.54. The van der Waals surface area contributed by atoms with Gasteiger partial charge in [0.1, 0.15) is 12.4 Å². The van der Waals surface area contributed by atoms with Crippen LogP contribution in [0.4, 0.5) is 4.79 Å². The fraction of sp³-hybridized carbons (Fsp3) is 0.333. The third-order valence-electron chi connectivity index (χ3n) is 6.68. The number of rotatable bonds is 8. The summed E-state index contributed by atoms with van der Waals surface area (Å²) in [5.41, 5.74) is 2.61. The van der Waals surface area contributed by atoms with Crippen molar-refractivity contribution in [2.75, 3.05) is 7.11 Å². The minimum Gasteiger partial charge on any atom is -0.497 e. The van der Waals surface area contributed by atoms with Crippen LogP contribution in [0.3, 0.4) is 0 Å². The monoisotopic (exact) mass is 486 g/mol. The summed E-state index contributed by atoms with van der Waals surface area (Å²) in [6, 6.07) is 26.7. The van der Waals surface area contributed by atoms with Crippen molar-refractivity contribution < 1.29 is 19.1 Å². The first-order valence-electron chi connectivity index (χ1n) is 12.2. The van der Waals surface area contributed by atoms with Gasteiger partial charge in [0.25, 0.3) is 0 Å². The van der Waals surface area contributed by atoms with Gasteiger partial charge in [0.05, 0.1) is 25.1 Å². The van der Waals surface area contributed by atoms with E-state index in [4.69, 9.17) is 9.47 Å². The van der Waals surface area contributed by atoms with E-state index in [2.05, 4.69) is 5.32 Å². The van der Waals surface area contributed by atoms with Gasteiger partial charge in [0, 0.05) is 6.54 Å². The zero-order valence-electron chi connectivity index (χ0n) is 21.3. The van der Waals surface area contributed by atoms with Gasteiger partial charge < -0.3 is 19.7 Å². The molecule has 1 saturated heterocycles. The van der Waals surface area contributed by atoms with E-state index in [0.717, 1.165) is 22.4 Å². The molecule has 36 heavy (non-hydrogen) atoms.